The van der Waals surface area contributed by atoms with Crippen LogP contribution in [0.15, 0.2) is 15.7 Å². The van der Waals surface area contributed by atoms with Gasteiger partial charge in [-0.1, -0.05) is 0 Å². The molecule has 0 saturated heterocycles. The highest BCUT2D eigenvalue weighted by Gasteiger charge is 2.31. The van der Waals surface area contributed by atoms with E-state index in [0.29, 0.717) is 6.61 Å². The number of ether oxygens (including phenoxy) is 3. The molecule has 4 nitrogen and oxygen atoms in total. The smallest absolute Gasteiger partial charge is 0.271 e. The summed E-state index contributed by atoms with van der Waals surface area (Å²) in [6.45, 7) is 1.96. The molecule has 3 unspecified atom stereocenters. The Kier molecular flexibility index (Phi) is 5.47. The first-order chi connectivity index (χ1) is 8.78. The highest BCUT2D eigenvalue weighted by atomic mass is 32.2. The molecular weight excluding hydrogens is 272 g/mol. The van der Waals surface area contributed by atoms with Crippen molar-refractivity contribution < 1.29 is 19.3 Å². The molecule has 0 aliphatic carbocycles. The van der Waals surface area contributed by atoms with Gasteiger partial charge in [0.25, 0.3) is 6.48 Å². The number of rotatable bonds is 6. The zero-order valence-corrected chi connectivity index (χ0v) is 12.1. The van der Waals surface area contributed by atoms with Crippen LogP contribution in [0.5, 0.6) is 0 Å². The molecule has 1 aliphatic rings. The van der Waals surface area contributed by atoms with Crippen molar-refractivity contribution in [1.82, 2.24) is 0 Å². The van der Waals surface area contributed by atoms with Crippen molar-refractivity contribution in [3.63, 3.8) is 0 Å². The second-order valence-electron chi connectivity index (χ2n) is 3.93. The molecule has 102 valence electrons. The van der Waals surface area contributed by atoms with Crippen LogP contribution < -0.4 is 0 Å². The van der Waals surface area contributed by atoms with Gasteiger partial charge in [0.05, 0.1) is 16.9 Å². The van der Waals surface area contributed by atoms with Crippen LogP contribution in [0.1, 0.15) is 25.0 Å². The molecule has 18 heavy (non-hydrogen) atoms. The first-order valence-corrected chi connectivity index (χ1v) is 7.69. The molecule has 0 saturated carbocycles. The Balaban J connectivity index is 2.07. The summed E-state index contributed by atoms with van der Waals surface area (Å²) in [7, 11) is 1.57. The third-order valence-corrected chi connectivity index (χ3v) is 5.15. The molecule has 1 aromatic rings. The summed E-state index contributed by atoms with van der Waals surface area (Å²) in [6.07, 6.45) is 0.707. The lowest BCUT2D eigenvalue weighted by molar-refractivity contribution is -0.295. The highest BCUT2D eigenvalue weighted by molar-refractivity contribution is 8.01. The Bertz CT molecular complexity index is 369. The van der Waals surface area contributed by atoms with Gasteiger partial charge in [0.2, 0.25) is 0 Å². The van der Waals surface area contributed by atoms with Crippen LogP contribution >= 0.6 is 23.1 Å². The third-order valence-electron chi connectivity index (χ3n) is 2.73. The van der Waals surface area contributed by atoms with Gasteiger partial charge < -0.3 is 19.3 Å². The van der Waals surface area contributed by atoms with Crippen LogP contribution in [0.4, 0.5) is 0 Å². The van der Waals surface area contributed by atoms with E-state index in [1.807, 2.05) is 6.92 Å². The van der Waals surface area contributed by atoms with Gasteiger partial charge in [-0.3, -0.25) is 0 Å². The number of fused-ring (bicyclic) bond motifs is 1. The monoisotopic (exact) mass is 290 g/mol. The summed E-state index contributed by atoms with van der Waals surface area (Å²) in [5, 5.41) is 11.6. The van der Waals surface area contributed by atoms with E-state index in [0.717, 1.165) is 6.42 Å². The van der Waals surface area contributed by atoms with Crippen molar-refractivity contribution >= 4 is 23.1 Å². The minimum absolute atomic E-state index is 0.0684. The van der Waals surface area contributed by atoms with E-state index in [9.17, 15) is 5.11 Å². The van der Waals surface area contributed by atoms with Gasteiger partial charge in [-0.05, 0) is 24.8 Å². The average Bonchev–Trinajstić information content (AvgIpc) is 2.86. The average molecular weight is 290 g/mol. The molecule has 1 aliphatic heterocycles. The van der Waals surface area contributed by atoms with Crippen LogP contribution in [-0.2, 0) is 14.2 Å². The maximum atomic E-state index is 9.33. The van der Waals surface area contributed by atoms with E-state index in [2.05, 4.69) is 11.4 Å². The second-order valence-corrected chi connectivity index (χ2v) is 6.41. The lowest BCUT2D eigenvalue weighted by atomic mass is 10.1. The van der Waals surface area contributed by atoms with E-state index in [4.69, 9.17) is 14.2 Å². The molecule has 6 heteroatoms. The van der Waals surface area contributed by atoms with Crippen LogP contribution in [-0.4, -0.2) is 37.2 Å². The topological polar surface area (TPSA) is 47.9 Å². The fourth-order valence-electron chi connectivity index (χ4n) is 1.88. The Morgan fingerprint density at radius 3 is 3.06 bits per heavy atom. The van der Waals surface area contributed by atoms with Gasteiger partial charge >= 0.3 is 0 Å². The van der Waals surface area contributed by atoms with Gasteiger partial charge in [0.1, 0.15) is 0 Å². The Hall–Kier alpha value is -0.110. The number of thioether (sulfide) groups is 1. The van der Waals surface area contributed by atoms with Crippen molar-refractivity contribution in [3.05, 3.63) is 17.0 Å². The van der Waals surface area contributed by atoms with Crippen molar-refractivity contribution in [1.29, 1.82) is 0 Å². The predicted molar refractivity (Wildman–Crippen MR) is 71.9 cm³/mol. The minimum Gasteiger partial charge on any atom is -0.395 e. The molecule has 2 heterocycles. The SMILES string of the molecule is CCOC(OC)OC1CC(CO)Sc2sccc21. The molecule has 3 atom stereocenters. The number of hydrogen-bond acceptors (Lipinski definition) is 6. The maximum absolute atomic E-state index is 9.33. The molecule has 0 bridgehead atoms. The number of aliphatic hydroxyl groups is 1. The largest absolute Gasteiger partial charge is 0.395 e. The van der Waals surface area contributed by atoms with Gasteiger partial charge in [-0.25, -0.2) is 0 Å². The van der Waals surface area contributed by atoms with Crippen molar-refractivity contribution in [2.24, 2.45) is 0 Å². The fourth-order valence-corrected chi connectivity index (χ4v) is 4.33. The standard InChI is InChI=1S/C12H18O4S2/c1-3-15-12(14-2)16-10-6-8(7-13)18-11-9(10)4-5-17-11/h4-5,8,10,12-13H,3,6-7H2,1-2H3. The van der Waals surface area contributed by atoms with Crippen molar-refractivity contribution in [2.75, 3.05) is 20.3 Å². The van der Waals surface area contributed by atoms with E-state index >= 15 is 0 Å². The quantitative estimate of drug-likeness (QED) is 0.816. The number of aliphatic hydroxyl groups excluding tert-OH is 1. The van der Waals surface area contributed by atoms with Crippen LogP contribution in [0, 0.1) is 0 Å². The summed E-state index contributed by atoms with van der Waals surface area (Å²) in [5.74, 6) is 0. The van der Waals surface area contributed by atoms with Gasteiger partial charge in [0.15, 0.2) is 0 Å². The minimum atomic E-state index is -0.643. The number of methoxy groups -OCH3 is 1. The maximum Gasteiger partial charge on any atom is 0.271 e. The van der Waals surface area contributed by atoms with Crippen molar-refractivity contribution in [3.8, 4) is 0 Å². The summed E-state index contributed by atoms with van der Waals surface area (Å²) < 4.78 is 17.5. The molecular formula is C12H18O4S2. The molecule has 0 amide bonds. The van der Waals surface area contributed by atoms with Gasteiger partial charge in [-0.2, -0.15) is 0 Å². The summed E-state index contributed by atoms with van der Waals surface area (Å²) in [5.41, 5.74) is 1.18. The normalized spacial score (nSPS) is 24.8. The summed E-state index contributed by atoms with van der Waals surface area (Å²) in [6, 6.07) is 2.07. The summed E-state index contributed by atoms with van der Waals surface area (Å²) >= 11 is 3.41. The lowest BCUT2D eigenvalue weighted by Gasteiger charge is -2.30. The first kappa shape index (κ1) is 14.3. The molecule has 0 radical (unpaired) electrons. The molecule has 0 fully saturated rings. The zero-order valence-electron chi connectivity index (χ0n) is 10.5. The van der Waals surface area contributed by atoms with E-state index < -0.39 is 6.48 Å². The highest BCUT2D eigenvalue weighted by Crippen LogP contribution is 2.45. The Morgan fingerprint density at radius 1 is 1.56 bits per heavy atom. The van der Waals surface area contributed by atoms with E-state index in [1.165, 1.54) is 9.77 Å². The van der Waals surface area contributed by atoms with E-state index in [-0.39, 0.29) is 18.0 Å². The Morgan fingerprint density at radius 2 is 2.39 bits per heavy atom. The van der Waals surface area contributed by atoms with Crippen LogP contribution in [0.3, 0.4) is 0 Å². The summed E-state index contributed by atoms with van der Waals surface area (Å²) in [4.78, 5) is 0. The van der Waals surface area contributed by atoms with Crippen LogP contribution in [0.2, 0.25) is 0 Å². The van der Waals surface area contributed by atoms with Crippen molar-refractivity contribution in [2.45, 2.75) is 35.4 Å². The molecule has 0 aromatic carbocycles. The molecule has 1 N–H and O–H groups in total. The fraction of sp³-hybridized carbons (Fsp3) is 0.667. The van der Waals surface area contributed by atoms with Crippen LogP contribution in [0.25, 0.3) is 0 Å². The zero-order chi connectivity index (χ0) is 13.0. The second kappa shape index (κ2) is 6.88. The number of thiophene rings is 1. The predicted octanol–water partition coefficient (Wildman–Crippen LogP) is 2.63. The Labute approximate surface area is 115 Å². The molecule has 1 aromatic heterocycles. The first-order valence-electron chi connectivity index (χ1n) is 5.93. The lowest BCUT2D eigenvalue weighted by Crippen LogP contribution is -2.27. The molecule has 0 spiro atoms. The molecule has 2 rings (SSSR count). The third kappa shape index (κ3) is 3.26. The van der Waals surface area contributed by atoms with Gasteiger partial charge in [0, 0.05) is 24.5 Å². The number of hydrogen-bond donors (Lipinski definition) is 1. The van der Waals surface area contributed by atoms with Gasteiger partial charge in [-0.15, -0.1) is 23.1 Å². The van der Waals surface area contributed by atoms with E-state index in [1.54, 1.807) is 30.2 Å².